The second-order valence-electron chi connectivity index (χ2n) is 5.91. The Morgan fingerprint density at radius 3 is 2.68 bits per heavy atom. The minimum atomic E-state index is -0.401. The Balaban J connectivity index is 1.80. The van der Waals surface area contributed by atoms with Gasteiger partial charge in [0.2, 0.25) is 0 Å². The first-order valence-corrected chi connectivity index (χ1v) is 7.79. The smallest absolute Gasteiger partial charge is 0.172 e. The molecule has 0 atom stereocenters. The van der Waals surface area contributed by atoms with Gasteiger partial charge in [-0.1, -0.05) is 29.8 Å². The van der Waals surface area contributed by atoms with Crippen LogP contribution < -0.4 is 5.73 Å². The molecule has 2 aromatic carbocycles. The summed E-state index contributed by atoms with van der Waals surface area (Å²) in [5.41, 5.74) is 9.72. The van der Waals surface area contributed by atoms with Crippen LogP contribution in [0.4, 0.5) is 4.39 Å². The molecule has 0 aliphatic rings. The lowest BCUT2D eigenvalue weighted by atomic mass is 10.1. The highest BCUT2D eigenvalue weighted by atomic mass is 19.1. The van der Waals surface area contributed by atoms with Crippen molar-refractivity contribution < 1.29 is 9.50 Å². The van der Waals surface area contributed by atoms with Crippen molar-refractivity contribution in [1.82, 2.24) is 20.2 Å². The quantitative estimate of drug-likeness (QED) is 0.461. The minimum Gasteiger partial charge on any atom is -0.504 e. The van der Waals surface area contributed by atoms with Gasteiger partial charge in [-0.25, -0.2) is 9.37 Å². The summed E-state index contributed by atoms with van der Waals surface area (Å²) >= 11 is 0. The molecule has 126 valence electrons. The highest BCUT2D eigenvalue weighted by Crippen LogP contribution is 2.35. The minimum absolute atomic E-state index is 0.0116. The number of imidazole rings is 1. The van der Waals surface area contributed by atoms with E-state index in [9.17, 15) is 9.50 Å². The number of aromatic nitrogens is 4. The highest BCUT2D eigenvalue weighted by Gasteiger charge is 2.18. The van der Waals surface area contributed by atoms with Crippen molar-refractivity contribution in [2.24, 2.45) is 5.73 Å². The summed E-state index contributed by atoms with van der Waals surface area (Å²) in [6.07, 6.45) is 0. The largest absolute Gasteiger partial charge is 0.504 e. The number of benzene rings is 2. The van der Waals surface area contributed by atoms with E-state index in [1.165, 1.54) is 6.07 Å². The van der Waals surface area contributed by atoms with Gasteiger partial charge in [-0.05, 0) is 13.0 Å². The Morgan fingerprint density at radius 2 is 1.96 bits per heavy atom. The maximum Gasteiger partial charge on any atom is 0.172 e. The lowest BCUT2D eigenvalue weighted by molar-refractivity contribution is 0.479. The number of aromatic amines is 2. The molecule has 0 fully saturated rings. The predicted octanol–water partition coefficient (Wildman–Crippen LogP) is 3.23. The standard InChI is InChI=1S/C18H16FN5O/c1-9-2-4-10(5-3-9)15-17(25)16(24-23-15)18-21-13-6-11(8-20)12(19)7-14(13)22-18/h2-7,25H,8,20H2,1H3,(H,21,22)(H,23,24). The zero-order valence-corrected chi connectivity index (χ0v) is 13.5. The summed E-state index contributed by atoms with van der Waals surface area (Å²) in [4.78, 5) is 7.40. The third kappa shape index (κ3) is 2.54. The van der Waals surface area contributed by atoms with Crippen molar-refractivity contribution >= 4 is 11.0 Å². The van der Waals surface area contributed by atoms with Gasteiger partial charge in [0.05, 0.1) is 11.0 Å². The predicted molar refractivity (Wildman–Crippen MR) is 93.4 cm³/mol. The van der Waals surface area contributed by atoms with Crippen LogP contribution in [0.3, 0.4) is 0 Å². The van der Waals surface area contributed by atoms with E-state index >= 15 is 0 Å². The van der Waals surface area contributed by atoms with Crippen molar-refractivity contribution in [2.75, 3.05) is 0 Å². The van der Waals surface area contributed by atoms with E-state index in [-0.39, 0.29) is 12.3 Å². The summed E-state index contributed by atoms with van der Waals surface area (Å²) < 4.78 is 13.9. The Morgan fingerprint density at radius 1 is 1.20 bits per heavy atom. The molecule has 0 amide bonds. The van der Waals surface area contributed by atoms with Gasteiger partial charge in [0.15, 0.2) is 11.6 Å². The first kappa shape index (κ1) is 15.3. The first-order chi connectivity index (χ1) is 12.1. The normalized spacial score (nSPS) is 11.3. The topological polar surface area (TPSA) is 104 Å². The summed E-state index contributed by atoms with van der Waals surface area (Å²) in [5.74, 6) is -0.0309. The molecule has 25 heavy (non-hydrogen) atoms. The number of nitrogens with zero attached hydrogens (tertiary/aromatic N) is 2. The van der Waals surface area contributed by atoms with Gasteiger partial charge in [-0.15, -0.1) is 0 Å². The maximum atomic E-state index is 13.9. The first-order valence-electron chi connectivity index (χ1n) is 7.79. The van der Waals surface area contributed by atoms with Crippen LogP contribution in [0.25, 0.3) is 33.8 Å². The van der Waals surface area contributed by atoms with E-state index in [1.807, 2.05) is 31.2 Å². The van der Waals surface area contributed by atoms with Crippen LogP contribution >= 0.6 is 0 Å². The fourth-order valence-electron chi connectivity index (χ4n) is 2.76. The van der Waals surface area contributed by atoms with Crippen molar-refractivity contribution in [1.29, 1.82) is 0 Å². The number of hydrogen-bond acceptors (Lipinski definition) is 4. The Bertz CT molecular complexity index is 1070. The molecule has 5 N–H and O–H groups in total. The molecule has 0 bridgehead atoms. The fourth-order valence-corrected chi connectivity index (χ4v) is 2.76. The Hall–Kier alpha value is -3.19. The van der Waals surface area contributed by atoms with Crippen molar-refractivity contribution in [3.63, 3.8) is 0 Å². The number of hydrogen-bond donors (Lipinski definition) is 4. The van der Waals surface area contributed by atoms with E-state index < -0.39 is 5.82 Å². The van der Waals surface area contributed by atoms with Crippen LogP contribution in [-0.4, -0.2) is 25.3 Å². The van der Waals surface area contributed by atoms with E-state index in [2.05, 4.69) is 20.2 Å². The molecule has 0 saturated carbocycles. The van der Waals surface area contributed by atoms with E-state index in [0.29, 0.717) is 33.8 Å². The van der Waals surface area contributed by atoms with E-state index in [4.69, 9.17) is 5.73 Å². The number of fused-ring (bicyclic) bond motifs is 1. The molecule has 4 rings (SSSR count). The molecule has 2 heterocycles. The van der Waals surface area contributed by atoms with E-state index in [1.54, 1.807) is 6.07 Å². The number of H-pyrrole nitrogens is 2. The Labute approximate surface area is 142 Å². The molecule has 0 unspecified atom stereocenters. The maximum absolute atomic E-state index is 13.9. The van der Waals surface area contributed by atoms with Crippen molar-refractivity contribution in [3.8, 4) is 28.5 Å². The molecule has 0 aliphatic carbocycles. The number of nitrogens with two attached hydrogens (primary N) is 1. The number of rotatable bonds is 3. The van der Waals surface area contributed by atoms with Crippen LogP contribution in [0.5, 0.6) is 5.75 Å². The molecular weight excluding hydrogens is 321 g/mol. The fraction of sp³-hybridized carbons (Fsp3) is 0.111. The summed E-state index contributed by atoms with van der Waals surface area (Å²) in [6, 6.07) is 10.6. The van der Waals surface area contributed by atoms with Crippen LogP contribution in [0.1, 0.15) is 11.1 Å². The average Bonchev–Trinajstić information content (AvgIpc) is 3.17. The third-order valence-corrected chi connectivity index (χ3v) is 4.17. The van der Waals surface area contributed by atoms with Gasteiger partial charge < -0.3 is 15.8 Å². The molecule has 2 aromatic heterocycles. The van der Waals surface area contributed by atoms with Gasteiger partial charge in [0.25, 0.3) is 0 Å². The molecule has 6 nitrogen and oxygen atoms in total. The van der Waals surface area contributed by atoms with Gasteiger partial charge >= 0.3 is 0 Å². The molecule has 0 saturated heterocycles. The van der Waals surface area contributed by atoms with Crippen LogP contribution in [0.15, 0.2) is 36.4 Å². The van der Waals surface area contributed by atoms with Gasteiger partial charge in [0.1, 0.15) is 17.2 Å². The van der Waals surface area contributed by atoms with Crippen molar-refractivity contribution in [3.05, 3.63) is 53.3 Å². The van der Waals surface area contributed by atoms with Crippen LogP contribution in [0, 0.1) is 12.7 Å². The molecular formula is C18H16FN5O. The second-order valence-corrected chi connectivity index (χ2v) is 5.91. The lowest BCUT2D eigenvalue weighted by Gasteiger charge is -1.99. The van der Waals surface area contributed by atoms with Crippen LogP contribution in [0.2, 0.25) is 0 Å². The SMILES string of the molecule is Cc1ccc(-c2n[nH]c(-c3nc4cc(F)c(CN)cc4[nH]3)c2O)cc1. The lowest BCUT2D eigenvalue weighted by Crippen LogP contribution is -1.99. The number of nitrogens with one attached hydrogen (secondary N) is 2. The third-order valence-electron chi connectivity index (χ3n) is 4.17. The van der Waals surface area contributed by atoms with Gasteiger partial charge in [-0.3, -0.25) is 5.10 Å². The highest BCUT2D eigenvalue weighted by molar-refractivity contribution is 5.82. The summed E-state index contributed by atoms with van der Waals surface area (Å²) in [7, 11) is 0. The zero-order valence-electron chi connectivity index (χ0n) is 13.5. The monoisotopic (exact) mass is 337 g/mol. The molecule has 0 spiro atoms. The molecule has 0 aliphatic heterocycles. The number of aryl methyl sites for hydroxylation is 1. The number of halogens is 1. The van der Waals surface area contributed by atoms with E-state index in [0.717, 1.165) is 11.1 Å². The number of aromatic hydroxyl groups is 1. The Kier molecular flexibility index (Phi) is 3.51. The molecule has 0 radical (unpaired) electrons. The second kappa shape index (κ2) is 5.71. The molecule has 7 heteroatoms. The summed E-state index contributed by atoms with van der Waals surface area (Å²) in [6.45, 7) is 2.09. The molecule has 4 aromatic rings. The van der Waals surface area contributed by atoms with Gasteiger partial charge in [-0.2, -0.15) is 5.10 Å². The van der Waals surface area contributed by atoms with Gasteiger partial charge in [0, 0.05) is 23.7 Å². The van der Waals surface area contributed by atoms with Crippen LogP contribution in [-0.2, 0) is 6.54 Å². The zero-order chi connectivity index (χ0) is 17.6. The summed E-state index contributed by atoms with van der Waals surface area (Å²) in [5, 5.41) is 17.5. The van der Waals surface area contributed by atoms with Crippen molar-refractivity contribution in [2.45, 2.75) is 13.5 Å². The average molecular weight is 337 g/mol.